The average Bonchev–Trinajstić information content (AvgIpc) is 2.59. The quantitative estimate of drug-likeness (QED) is 0.808. The van der Waals surface area contributed by atoms with Crippen LogP contribution in [-0.2, 0) is 6.42 Å². The minimum Gasteiger partial charge on any atom is -0.507 e. The number of hydrogen-bond donors (Lipinski definition) is 2. The molecule has 0 spiro atoms. The summed E-state index contributed by atoms with van der Waals surface area (Å²) in [4.78, 5) is 5.12. The van der Waals surface area contributed by atoms with Gasteiger partial charge in [-0.3, -0.25) is 0 Å². The summed E-state index contributed by atoms with van der Waals surface area (Å²) in [5.41, 5.74) is 1.17. The monoisotopic (exact) mass is 208 g/mol. The third kappa shape index (κ3) is 1.58. The van der Waals surface area contributed by atoms with Crippen molar-refractivity contribution in [1.29, 1.82) is 0 Å². The summed E-state index contributed by atoms with van der Waals surface area (Å²) >= 11 is 1.58. The second-order valence-electron chi connectivity index (χ2n) is 3.12. The highest BCUT2D eigenvalue weighted by atomic mass is 32.1. The third-order valence-electron chi connectivity index (χ3n) is 2.17. The number of hydrogen-bond acceptors (Lipinski definition) is 4. The molecule has 2 N–H and O–H groups in total. The van der Waals surface area contributed by atoms with Gasteiger partial charge in [-0.1, -0.05) is 0 Å². The van der Waals surface area contributed by atoms with Crippen molar-refractivity contribution in [2.45, 2.75) is 6.42 Å². The number of pyridine rings is 1. The van der Waals surface area contributed by atoms with Crippen molar-refractivity contribution < 1.29 is 5.11 Å². The van der Waals surface area contributed by atoms with Crippen LogP contribution in [0.2, 0.25) is 0 Å². The number of thiophene rings is 1. The maximum absolute atomic E-state index is 9.69. The molecular formula is C10H12N2OS. The molecule has 3 nitrogen and oxygen atoms in total. The van der Waals surface area contributed by atoms with Crippen LogP contribution in [0.3, 0.4) is 0 Å². The lowest BCUT2D eigenvalue weighted by atomic mass is 10.1. The fraction of sp³-hybridized carbons (Fsp3) is 0.300. The van der Waals surface area contributed by atoms with Gasteiger partial charge in [-0.2, -0.15) is 0 Å². The van der Waals surface area contributed by atoms with Gasteiger partial charge in [0, 0.05) is 6.20 Å². The number of nitrogens with zero attached hydrogens (tertiary/aromatic N) is 1. The van der Waals surface area contributed by atoms with Gasteiger partial charge in [0.15, 0.2) is 0 Å². The van der Waals surface area contributed by atoms with Gasteiger partial charge in [0.05, 0.1) is 5.39 Å². The molecule has 2 aromatic rings. The summed E-state index contributed by atoms with van der Waals surface area (Å²) in [5.74, 6) is 0.336. The molecule has 0 atom stereocenters. The number of rotatable bonds is 3. The second kappa shape index (κ2) is 3.94. The fourth-order valence-electron chi connectivity index (χ4n) is 1.45. The first-order valence-corrected chi connectivity index (χ1v) is 5.39. The van der Waals surface area contributed by atoms with Crippen LogP contribution in [0.15, 0.2) is 17.6 Å². The third-order valence-corrected chi connectivity index (χ3v) is 3.11. The molecule has 0 radical (unpaired) electrons. The van der Waals surface area contributed by atoms with E-state index in [1.165, 1.54) is 5.56 Å². The number of aromatic nitrogens is 1. The molecule has 74 valence electrons. The summed E-state index contributed by atoms with van der Waals surface area (Å²) in [6.07, 6.45) is 2.56. The molecule has 14 heavy (non-hydrogen) atoms. The van der Waals surface area contributed by atoms with Gasteiger partial charge >= 0.3 is 0 Å². The zero-order chi connectivity index (χ0) is 9.97. The Morgan fingerprint density at radius 3 is 3.21 bits per heavy atom. The van der Waals surface area contributed by atoms with Crippen LogP contribution in [0.5, 0.6) is 5.75 Å². The molecule has 2 rings (SSSR count). The zero-order valence-electron chi connectivity index (χ0n) is 7.95. The maximum Gasteiger partial charge on any atom is 0.127 e. The van der Waals surface area contributed by atoms with Crippen LogP contribution in [0.4, 0.5) is 0 Å². The summed E-state index contributed by atoms with van der Waals surface area (Å²) in [5, 5.41) is 15.8. The van der Waals surface area contributed by atoms with Gasteiger partial charge < -0.3 is 10.4 Å². The molecule has 0 unspecified atom stereocenters. The summed E-state index contributed by atoms with van der Waals surface area (Å²) in [6, 6.07) is 1.64. The smallest absolute Gasteiger partial charge is 0.127 e. The molecule has 2 aromatic heterocycles. The van der Waals surface area contributed by atoms with Crippen molar-refractivity contribution in [3.63, 3.8) is 0 Å². The molecule has 0 saturated heterocycles. The maximum atomic E-state index is 9.69. The predicted octanol–water partition coefficient (Wildman–Crippen LogP) is 1.76. The van der Waals surface area contributed by atoms with Crippen molar-refractivity contribution in [3.8, 4) is 5.75 Å². The van der Waals surface area contributed by atoms with Crippen LogP contribution in [0, 0.1) is 0 Å². The molecule has 0 aliphatic rings. The average molecular weight is 208 g/mol. The van der Waals surface area contributed by atoms with E-state index in [0.29, 0.717) is 5.75 Å². The summed E-state index contributed by atoms with van der Waals surface area (Å²) in [6.45, 7) is 0.917. The summed E-state index contributed by atoms with van der Waals surface area (Å²) < 4.78 is 0. The van der Waals surface area contributed by atoms with E-state index in [1.54, 1.807) is 23.6 Å². The molecule has 0 fully saturated rings. The van der Waals surface area contributed by atoms with Crippen molar-refractivity contribution in [1.82, 2.24) is 10.3 Å². The van der Waals surface area contributed by atoms with E-state index in [9.17, 15) is 5.11 Å². The van der Waals surface area contributed by atoms with Crippen LogP contribution < -0.4 is 5.32 Å². The van der Waals surface area contributed by atoms with Crippen molar-refractivity contribution >= 4 is 21.6 Å². The van der Waals surface area contributed by atoms with E-state index < -0.39 is 0 Å². The predicted molar refractivity (Wildman–Crippen MR) is 58.9 cm³/mol. The standard InChI is InChI=1S/C10H12N2OS/c1-11-4-2-7-6-14-10-9(7)8(13)3-5-12-10/h3,5-6,11H,2,4H2,1H3,(H,12,13). The Balaban J connectivity index is 2.45. The minimum atomic E-state index is 0.336. The van der Waals surface area contributed by atoms with Crippen LogP contribution >= 0.6 is 11.3 Å². The first-order chi connectivity index (χ1) is 6.83. The van der Waals surface area contributed by atoms with Gasteiger partial charge in [-0.05, 0) is 37.0 Å². The summed E-state index contributed by atoms with van der Waals surface area (Å²) in [7, 11) is 1.92. The zero-order valence-corrected chi connectivity index (χ0v) is 8.77. The Morgan fingerprint density at radius 1 is 1.57 bits per heavy atom. The SMILES string of the molecule is CNCCc1csc2nccc(O)c12. The molecule has 0 amide bonds. The lowest BCUT2D eigenvalue weighted by Crippen LogP contribution is -2.09. The Labute approximate surface area is 86.4 Å². The molecule has 0 saturated carbocycles. The van der Waals surface area contributed by atoms with Crippen LogP contribution in [0.25, 0.3) is 10.2 Å². The van der Waals surface area contributed by atoms with Crippen molar-refractivity contribution in [3.05, 3.63) is 23.2 Å². The molecule has 0 aliphatic carbocycles. The van der Waals surface area contributed by atoms with E-state index in [4.69, 9.17) is 0 Å². The molecular weight excluding hydrogens is 196 g/mol. The molecule has 0 bridgehead atoms. The highest BCUT2D eigenvalue weighted by molar-refractivity contribution is 7.17. The lowest BCUT2D eigenvalue weighted by molar-refractivity contribution is 0.481. The van der Waals surface area contributed by atoms with Crippen LogP contribution in [0.1, 0.15) is 5.56 Å². The van der Waals surface area contributed by atoms with Gasteiger partial charge in [0.25, 0.3) is 0 Å². The molecule has 4 heteroatoms. The minimum absolute atomic E-state index is 0.336. The van der Waals surface area contributed by atoms with E-state index in [2.05, 4.69) is 15.7 Å². The van der Waals surface area contributed by atoms with Crippen molar-refractivity contribution in [2.75, 3.05) is 13.6 Å². The topological polar surface area (TPSA) is 45.2 Å². The lowest BCUT2D eigenvalue weighted by Gasteiger charge is -1.99. The number of aromatic hydroxyl groups is 1. The molecule has 0 aromatic carbocycles. The number of likely N-dealkylation sites (N-methyl/N-ethyl adjacent to an activating group) is 1. The van der Waals surface area contributed by atoms with Gasteiger partial charge in [-0.15, -0.1) is 11.3 Å². The Kier molecular flexibility index (Phi) is 2.65. The Bertz CT molecular complexity index is 439. The second-order valence-corrected chi connectivity index (χ2v) is 3.98. The van der Waals surface area contributed by atoms with E-state index >= 15 is 0 Å². The van der Waals surface area contributed by atoms with Gasteiger partial charge in [0.1, 0.15) is 10.6 Å². The number of fused-ring (bicyclic) bond motifs is 1. The molecule has 0 aliphatic heterocycles. The first kappa shape index (κ1) is 9.43. The normalized spacial score (nSPS) is 10.9. The Hall–Kier alpha value is -1.13. The first-order valence-electron chi connectivity index (χ1n) is 4.51. The van der Waals surface area contributed by atoms with E-state index in [-0.39, 0.29) is 0 Å². The Morgan fingerprint density at radius 2 is 2.43 bits per heavy atom. The number of nitrogens with one attached hydrogen (secondary N) is 1. The van der Waals surface area contributed by atoms with Crippen LogP contribution in [-0.4, -0.2) is 23.7 Å². The largest absolute Gasteiger partial charge is 0.507 e. The highest BCUT2D eigenvalue weighted by Crippen LogP contribution is 2.31. The van der Waals surface area contributed by atoms with Gasteiger partial charge in [0.2, 0.25) is 0 Å². The van der Waals surface area contributed by atoms with E-state index in [0.717, 1.165) is 23.2 Å². The molecule has 2 heterocycles. The fourth-order valence-corrected chi connectivity index (χ4v) is 2.42. The van der Waals surface area contributed by atoms with E-state index in [1.807, 2.05) is 7.05 Å². The van der Waals surface area contributed by atoms with Crippen molar-refractivity contribution in [2.24, 2.45) is 0 Å². The van der Waals surface area contributed by atoms with Gasteiger partial charge in [-0.25, -0.2) is 4.98 Å². The highest BCUT2D eigenvalue weighted by Gasteiger charge is 2.08.